The average molecular weight is 412 g/mol. The largest absolute Gasteiger partial charge is 0.350 e. The van der Waals surface area contributed by atoms with E-state index in [1.54, 1.807) is 13.8 Å². The summed E-state index contributed by atoms with van der Waals surface area (Å²) in [4.78, 5) is 28.0. The number of piperidine rings is 2. The van der Waals surface area contributed by atoms with Crippen molar-refractivity contribution in [1.82, 2.24) is 15.1 Å². The summed E-state index contributed by atoms with van der Waals surface area (Å²) in [5.74, 6) is 0.951. The highest BCUT2D eigenvalue weighted by molar-refractivity contribution is 5.74. The molecule has 1 aromatic carbocycles. The highest BCUT2D eigenvalue weighted by Gasteiger charge is 2.42. The fourth-order valence-corrected chi connectivity index (χ4v) is 6.07. The van der Waals surface area contributed by atoms with Crippen molar-refractivity contribution in [2.75, 3.05) is 32.7 Å². The number of carbonyl (C=O) groups is 2. The number of hydrogen-bond donors (Lipinski definition) is 1. The summed E-state index contributed by atoms with van der Waals surface area (Å²) < 4.78 is 0. The molecule has 0 bridgehead atoms. The standard InChI is InChI=1S/C25H37N3O2/c1-19(29)26-24-9-11-25(23-8-4-3-7-22(23)24)12-16-27(17-13-25)15-10-21-6-5-14-28(18-21)20(2)30/h3-4,7-8,21,24H,5-6,9-18H2,1-2H3,(H,26,29). The van der Waals surface area contributed by atoms with Crippen LogP contribution in [0, 0.1) is 5.92 Å². The van der Waals surface area contributed by atoms with Crippen LogP contribution in [0.25, 0.3) is 0 Å². The molecule has 1 aliphatic carbocycles. The lowest BCUT2D eigenvalue weighted by molar-refractivity contribution is -0.130. The second-order valence-corrected chi connectivity index (χ2v) is 9.76. The van der Waals surface area contributed by atoms with Crippen molar-refractivity contribution in [3.8, 4) is 0 Å². The van der Waals surface area contributed by atoms with Gasteiger partial charge in [0.1, 0.15) is 0 Å². The van der Waals surface area contributed by atoms with Crippen molar-refractivity contribution in [3.05, 3.63) is 35.4 Å². The van der Waals surface area contributed by atoms with Crippen molar-refractivity contribution in [1.29, 1.82) is 0 Å². The minimum Gasteiger partial charge on any atom is -0.350 e. The number of nitrogens with zero attached hydrogens (tertiary/aromatic N) is 2. The van der Waals surface area contributed by atoms with Crippen molar-refractivity contribution in [2.24, 2.45) is 5.92 Å². The zero-order valence-corrected chi connectivity index (χ0v) is 18.7. The molecule has 0 saturated carbocycles. The van der Waals surface area contributed by atoms with Gasteiger partial charge in [0, 0.05) is 26.9 Å². The molecule has 4 rings (SSSR count). The maximum atomic E-state index is 11.7. The first-order valence-corrected chi connectivity index (χ1v) is 11.8. The van der Waals surface area contributed by atoms with Crippen molar-refractivity contribution >= 4 is 11.8 Å². The van der Waals surface area contributed by atoms with Gasteiger partial charge in [0.05, 0.1) is 6.04 Å². The van der Waals surface area contributed by atoms with E-state index in [1.165, 1.54) is 43.2 Å². The van der Waals surface area contributed by atoms with Gasteiger partial charge in [-0.05, 0) is 87.0 Å². The van der Waals surface area contributed by atoms with E-state index in [9.17, 15) is 9.59 Å². The Hall–Kier alpha value is -1.88. The summed E-state index contributed by atoms with van der Waals surface area (Å²) >= 11 is 0. The molecule has 2 fully saturated rings. The number of benzene rings is 1. The van der Waals surface area contributed by atoms with Gasteiger partial charge in [-0.25, -0.2) is 0 Å². The Balaban J connectivity index is 1.34. The van der Waals surface area contributed by atoms with Crippen LogP contribution in [0.1, 0.15) is 76.0 Å². The fourth-order valence-electron chi connectivity index (χ4n) is 6.07. The Kier molecular flexibility index (Phi) is 6.47. The maximum Gasteiger partial charge on any atom is 0.219 e. The molecule has 1 aromatic rings. The number of amides is 2. The molecule has 1 spiro atoms. The number of nitrogens with one attached hydrogen (secondary N) is 1. The second kappa shape index (κ2) is 9.09. The highest BCUT2D eigenvalue weighted by atomic mass is 16.2. The molecule has 30 heavy (non-hydrogen) atoms. The van der Waals surface area contributed by atoms with Crippen LogP contribution in [0.4, 0.5) is 0 Å². The third-order valence-corrected chi connectivity index (χ3v) is 7.83. The third-order valence-electron chi connectivity index (χ3n) is 7.83. The van der Waals surface area contributed by atoms with E-state index >= 15 is 0 Å². The Labute approximate surface area is 181 Å². The SMILES string of the molecule is CC(=O)NC1CCC2(CCN(CCC3CCCN(C(C)=O)C3)CC2)c2ccccc21. The molecule has 0 aromatic heterocycles. The number of carbonyl (C=O) groups excluding carboxylic acids is 2. The first-order valence-electron chi connectivity index (χ1n) is 11.8. The minimum absolute atomic E-state index is 0.0617. The van der Waals surface area contributed by atoms with E-state index in [4.69, 9.17) is 0 Å². The van der Waals surface area contributed by atoms with Gasteiger partial charge >= 0.3 is 0 Å². The lowest BCUT2D eigenvalue weighted by atomic mass is 9.63. The molecule has 2 amide bonds. The van der Waals surface area contributed by atoms with Crippen LogP contribution in [-0.4, -0.2) is 54.3 Å². The van der Waals surface area contributed by atoms with E-state index < -0.39 is 0 Å². The Morgan fingerprint density at radius 2 is 1.83 bits per heavy atom. The van der Waals surface area contributed by atoms with Crippen LogP contribution >= 0.6 is 0 Å². The predicted molar refractivity (Wildman–Crippen MR) is 119 cm³/mol. The zero-order valence-electron chi connectivity index (χ0n) is 18.7. The van der Waals surface area contributed by atoms with E-state index in [-0.39, 0.29) is 23.3 Å². The van der Waals surface area contributed by atoms with Crippen LogP contribution < -0.4 is 5.32 Å². The molecular weight excluding hydrogens is 374 g/mol. The van der Waals surface area contributed by atoms with Gasteiger partial charge in [-0.1, -0.05) is 24.3 Å². The lowest BCUT2D eigenvalue weighted by Crippen LogP contribution is -2.47. The lowest BCUT2D eigenvalue weighted by Gasteiger charge is -2.47. The number of rotatable bonds is 4. The smallest absolute Gasteiger partial charge is 0.219 e. The molecule has 2 aliphatic heterocycles. The van der Waals surface area contributed by atoms with E-state index in [0.29, 0.717) is 5.92 Å². The number of hydrogen-bond acceptors (Lipinski definition) is 3. The van der Waals surface area contributed by atoms with Crippen LogP contribution in [0.3, 0.4) is 0 Å². The molecule has 5 heteroatoms. The molecule has 2 unspecified atom stereocenters. The highest BCUT2D eigenvalue weighted by Crippen LogP contribution is 2.47. The van der Waals surface area contributed by atoms with E-state index in [0.717, 1.165) is 45.6 Å². The predicted octanol–water partition coefficient (Wildman–Crippen LogP) is 3.64. The molecule has 164 valence electrons. The normalized spacial score (nSPS) is 26.3. The van der Waals surface area contributed by atoms with Crippen LogP contribution in [0.5, 0.6) is 0 Å². The van der Waals surface area contributed by atoms with Gasteiger partial charge < -0.3 is 15.1 Å². The van der Waals surface area contributed by atoms with Gasteiger partial charge in [-0.2, -0.15) is 0 Å². The van der Waals surface area contributed by atoms with Crippen molar-refractivity contribution in [3.63, 3.8) is 0 Å². The van der Waals surface area contributed by atoms with E-state index in [2.05, 4.69) is 34.5 Å². The molecule has 2 atom stereocenters. The van der Waals surface area contributed by atoms with Gasteiger partial charge in [0.2, 0.25) is 11.8 Å². The molecular formula is C25H37N3O2. The molecule has 2 saturated heterocycles. The summed E-state index contributed by atoms with van der Waals surface area (Å²) in [5, 5.41) is 3.16. The summed E-state index contributed by atoms with van der Waals surface area (Å²) in [5.41, 5.74) is 3.08. The summed E-state index contributed by atoms with van der Waals surface area (Å²) in [7, 11) is 0. The second-order valence-electron chi connectivity index (χ2n) is 9.76. The Morgan fingerprint density at radius 3 is 2.57 bits per heavy atom. The quantitative estimate of drug-likeness (QED) is 0.823. The zero-order chi connectivity index (χ0) is 21.1. The Bertz CT molecular complexity index is 769. The van der Waals surface area contributed by atoms with Crippen LogP contribution in [-0.2, 0) is 15.0 Å². The average Bonchev–Trinajstić information content (AvgIpc) is 2.75. The van der Waals surface area contributed by atoms with Crippen LogP contribution in [0.2, 0.25) is 0 Å². The minimum atomic E-state index is 0.0617. The molecule has 1 N–H and O–H groups in total. The topological polar surface area (TPSA) is 52.7 Å². The van der Waals surface area contributed by atoms with Gasteiger partial charge in [0.25, 0.3) is 0 Å². The molecule has 3 aliphatic rings. The van der Waals surface area contributed by atoms with Gasteiger partial charge in [-0.3, -0.25) is 9.59 Å². The first kappa shape index (κ1) is 21.4. The first-order chi connectivity index (χ1) is 14.5. The Morgan fingerprint density at radius 1 is 1.07 bits per heavy atom. The molecule has 0 radical (unpaired) electrons. The van der Waals surface area contributed by atoms with Crippen LogP contribution in [0.15, 0.2) is 24.3 Å². The summed E-state index contributed by atoms with van der Waals surface area (Å²) in [6.45, 7) is 8.67. The van der Waals surface area contributed by atoms with Gasteiger partial charge in [0.15, 0.2) is 0 Å². The third kappa shape index (κ3) is 4.56. The summed E-state index contributed by atoms with van der Waals surface area (Å²) in [6, 6.07) is 8.95. The molecule has 2 heterocycles. The van der Waals surface area contributed by atoms with Crippen molar-refractivity contribution < 1.29 is 9.59 Å². The number of fused-ring (bicyclic) bond motifs is 2. The number of likely N-dealkylation sites (tertiary alicyclic amines) is 2. The summed E-state index contributed by atoms with van der Waals surface area (Å²) in [6.07, 6.45) is 8.25. The van der Waals surface area contributed by atoms with Gasteiger partial charge in [-0.15, -0.1) is 0 Å². The molecule has 5 nitrogen and oxygen atoms in total. The maximum absolute atomic E-state index is 11.7. The fraction of sp³-hybridized carbons (Fsp3) is 0.680. The van der Waals surface area contributed by atoms with Crippen molar-refractivity contribution in [2.45, 2.75) is 70.3 Å². The van der Waals surface area contributed by atoms with E-state index in [1.807, 2.05) is 4.90 Å². The monoisotopic (exact) mass is 411 g/mol.